The van der Waals surface area contributed by atoms with Crippen LogP contribution in [0.1, 0.15) is 29.8 Å². The maximum atomic E-state index is 12.2. The summed E-state index contributed by atoms with van der Waals surface area (Å²) in [5, 5.41) is 6.79. The lowest BCUT2D eigenvalue weighted by Crippen LogP contribution is -2.15. The Balaban J connectivity index is 1.80. The zero-order chi connectivity index (χ0) is 16.6. The lowest BCUT2D eigenvalue weighted by molar-refractivity contribution is -0.115. The summed E-state index contributed by atoms with van der Waals surface area (Å²) in [5.41, 5.74) is 4.31. The summed E-state index contributed by atoms with van der Waals surface area (Å²) in [4.78, 5) is 16.8. The summed E-state index contributed by atoms with van der Waals surface area (Å²) in [5.74, 6) is 1.57. The Morgan fingerprint density at radius 1 is 1.30 bits per heavy atom. The maximum absolute atomic E-state index is 12.2. The van der Waals surface area contributed by atoms with E-state index in [2.05, 4.69) is 26.9 Å². The number of imidazole rings is 1. The molecule has 6 nitrogen and oxygen atoms in total. The third-order valence-corrected chi connectivity index (χ3v) is 4.06. The number of fused-ring (bicyclic) bond motifs is 1. The van der Waals surface area contributed by atoms with Gasteiger partial charge in [0.05, 0.1) is 23.1 Å². The molecule has 2 heterocycles. The van der Waals surface area contributed by atoms with Crippen molar-refractivity contribution in [2.24, 2.45) is 0 Å². The van der Waals surface area contributed by atoms with Crippen LogP contribution in [-0.2, 0) is 17.8 Å². The molecule has 0 fully saturated rings. The predicted molar refractivity (Wildman–Crippen MR) is 88.5 cm³/mol. The van der Waals surface area contributed by atoms with E-state index in [1.54, 1.807) is 0 Å². The number of benzene rings is 1. The first kappa shape index (κ1) is 15.3. The summed E-state index contributed by atoms with van der Waals surface area (Å²) in [6, 6.07) is 5.80. The first-order valence-corrected chi connectivity index (χ1v) is 7.68. The van der Waals surface area contributed by atoms with Gasteiger partial charge in [-0.2, -0.15) is 0 Å². The fourth-order valence-corrected chi connectivity index (χ4v) is 2.85. The molecule has 0 saturated heterocycles. The van der Waals surface area contributed by atoms with Crippen LogP contribution in [0.15, 0.2) is 22.7 Å². The normalized spacial score (nSPS) is 11.1. The highest BCUT2D eigenvalue weighted by Crippen LogP contribution is 2.21. The van der Waals surface area contributed by atoms with Gasteiger partial charge >= 0.3 is 0 Å². The molecule has 0 aliphatic rings. The first-order valence-electron chi connectivity index (χ1n) is 7.68. The van der Waals surface area contributed by atoms with E-state index in [0.717, 1.165) is 40.3 Å². The average molecular weight is 312 g/mol. The molecule has 0 aliphatic heterocycles. The summed E-state index contributed by atoms with van der Waals surface area (Å²) in [6.07, 6.45) is 0.252. The quantitative estimate of drug-likeness (QED) is 0.803. The number of anilines is 1. The van der Waals surface area contributed by atoms with Gasteiger partial charge in [-0.25, -0.2) is 4.98 Å². The highest BCUT2D eigenvalue weighted by molar-refractivity contribution is 5.94. The third kappa shape index (κ3) is 2.84. The number of aromatic nitrogens is 3. The van der Waals surface area contributed by atoms with Gasteiger partial charge < -0.3 is 14.4 Å². The number of carbonyl (C=O) groups is 1. The van der Waals surface area contributed by atoms with Gasteiger partial charge in [0, 0.05) is 17.8 Å². The lowest BCUT2D eigenvalue weighted by atomic mass is 10.1. The first-order chi connectivity index (χ1) is 11.0. The molecule has 6 heteroatoms. The fourth-order valence-electron chi connectivity index (χ4n) is 2.85. The van der Waals surface area contributed by atoms with E-state index < -0.39 is 0 Å². The molecule has 3 rings (SSSR count). The van der Waals surface area contributed by atoms with Crippen molar-refractivity contribution >= 4 is 22.6 Å². The van der Waals surface area contributed by atoms with Gasteiger partial charge in [-0.3, -0.25) is 4.79 Å². The van der Waals surface area contributed by atoms with Crippen molar-refractivity contribution in [2.75, 3.05) is 5.32 Å². The van der Waals surface area contributed by atoms with Crippen LogP contribution in [0.4, 0.5) is 5.69 Å². The molecule has 0 atom stereocenters. The summed E-state index contributed by atoms with van der Waals surface area (Å²) < 4.78 is 7.23. The van der Waals surface area contributed by atoms with Crippen LogP contribution < -0.4 is 5.32 Å². The van der Waals surface area contributed by atoms with Gasteiger partial charge in [-0.05, 0) is 45.9 Å². The van der Waals surface area contributed by atoms with E-state index in [1.165, 1.54) is 0 Å². The second kappa shape index (κ2) is 5.87. The SMILES string of the molecule is CCn1c(C)nc2cc(NC(=O)Cc3c(C)noc3C)ccc21. The van der Waals surface area contributed by atoms with Crippen molar-refractivity contribution in [3.63, 3.8) is 0 Å². The van der Waals surface area contributed by atoms with Crippen molar-refractivity contribution in [3.05, 3.63) is 41.0 Å². The molecule has 1 N–H and O–H groups in total. The van der Waals surface area contributed by atoms with Crippen molar-refractivity contribution in [1.82, 2.24) is 14.7 Å². The highest BCUT2D eigenvalue weighted by Gasteiger charge is 2.14. The van der Waals surface area contributed by atoms with E-state index in [1.807, 2.05) is 39.0 Å². The second-order valence-electron chi connectivity index (χ2n) is 5.63. The third-order valence-electron chi connectivity index (χ3n) is 4.06. The van der Waals surface area contributed by atoms with E-state index in [4.69, 9.17) is 4.52 Å². The van der Waals surface area contributed by atoms with E-state index in [0.29, 0.717) is 5.76 Å². The molecule has 0 aliphatic carbocycles. The zero-order valence-corrected chi connectivity index (χ0v) is 13.8. The standard InChI is InChI=1S/C17H20N4O2/c1-5-21-12(4)18-15-8-13(6-7-16(15)21)19-17(22)9-14-10(2)20-23-11(14)3/h6-8H,5,9H2,1-4H3,(H,19,22). The van der Waals surface area contributed by atoms with E-state index in [-0.39, 0.29) is 12.3 Å². The number of rotatable bonds is 4. The number of hydrogen-bond donors (Lipinski definition) is 1. The molecule has 1 amide bonds. The maximum Gasteiger partial charge on any atom is 0.229 e. The van der Waals surface area contributed by atoms with Crippen molar-refractivity contribution in [2.45, 2.75) is 40.7 Å². The van der Waals surface area contributed by atoms with Gasteiger partial charge in [0.1, 0.15) is 11.6 Å². The Hall–Kier alpha value is -2.63. The van der Waals surface area contributed by atoms with E-state index in [9.17, 15) is 4.79 Å². The molecule has 0 radical (unpaired) electrons. The smallest absolute Gasteiger partial charge is 0.229 e. The number of amides is 1. The summed E-state index contributed by atoms with van der Waals surface area (Å²) in [6.45, 7) is 8.60. The molecule has 120 valence electrons. The molecule has 1 aromatic carbocycles. The number of aryl methyl sites for hydroxylation is 4. The fraction of sp³-hybridized carbons (Fsp3) is 0.353. The van der Waals surface area contributed by atoms with Crippen LogP contribution >= 0.6 is 0 Å². The average Bonchev–Trinajstić information content (AvgIpc) is 2.99. The molecule has 0 spiro atoms. The Morgan fingerprint density at radius 3 is 2.74 bits per heavy atom. The van der Waals surface area contributed by atoms with Crippen LogP contribution in [0.5, 0.6) is 0 Å². The largest absolute Gasteiger partial charge is 0.361 e. The predicted octanol–water partition coefficient (Wildman–Crippen LogP) is 3.15. The second-order valence-corrected chi connectivity index (χ2v) is 5.63. The molecular weight excluding hydrogens is 292 g/mol. The van der Waals surface area contributed by atoms with Gasteiger partial charge in [-0.1, -0.05) is 5.16 Å². The Morgan fingerprint density at radius 2 is 2.09 bits per heavy atom. The van der Waals surface area contributed by atoms with Gasteiger partial charge in [0.15, 0.2) is 0 Å². The van der Waals surface area contributed by atoms with Crippen LogP contribution in [0.2, 0.25) is 0 Å². The minimum Gasteiger partial charge on any atom is -0.361 e. The van der Waals surface area contributed by atoms with Gasteiger partial charge in [-0.15, -0.1) is 0 Å². The lowest BCUT2D eigenvalue weighted by Gasteiger charge is -2.06. The topological polar surface area (TPSA) is 73.0 Å². The monoisotopic (exact) mass is 312 g/mol. The Labute approximate surface area is 134 Å². The van der Waals surface area contributed by atoms with Gasteiger partial charge in [0.25, 0.3) is 0 Å². The van der Waals surface area contributed by atoms with E-state index >= 15 is 0 Å². The molecule has 2 aromatic heterocycles. The minimum atomic E-state index is -0.0922. The number of hydrogen-bond acceptors (Lipinski definition) is 4. The molecule has 23 heavy (non-hydrogen) atoms. The highest BCUT2D eigenvalue weighted by atomic mass is 16.5. The molecule has 3 aromatic rings. The molecule has 0 unspecified atom stereocenters. The van der Waals surface area contributed by atoms with Crippen LogP contribution in [0.25, 0.3) is 11.0 Å². The molecular formula is C17H20N4O2. The number of nitrogens with zero attached hydrogens (tertiary/aromatic N) is 3. The van der Waals surface area contributed by atoms with Crippen molar-refractivity contribution in [1.29, 1.82) is 0 Å². The van der Waals surface area contributed by atoms with Gasteiger partial charge in [0.2, 0.25) is 5.91 Å². The van der Waals surface area contributed by atoms with Crippen LogP contribution in [0.3, 0.4) is 0 Å². The van der Waals surface area contributed by atoms with Crippen LogP contribution in [-0.4, -0.2) is 20.6 Å². The Bertz CT molecular complexity index is 857. The van der Waals surface area contributed by atoms with Crippen LogP contribution in [0, 0.1) is 20.8 Å². The number of nitrogens with one attached hydrogen (secondary N) is 1. The molecule has 0 saturated carbocycles. The number of carbonyl (C=O) groups excluding carboxylic acids is 1. The minimum absolute atomic E-state index is 0.0922. The summed E-state index contributed by atoms with van der Waals surface area (Å²) >= 11 is 0. The summed E-state index contributed by atoms with van der Waals surface area (Å²) in [7, 11) is 0. The van der Waals surface area contributed by atoms with Crippen molar-refractivity contribution in [3.8, 4) is 0 Å². The Kier molecular flexibility index (Phi) is 3.90. The zero-order valence-electron chi connectivity index (χ0n) is 13.8. The van der Waals surface area contributed by atoms with Crippen molar-refractivity contribution < 1.29 is 9.32 Å². The molecule has 0 bridgehead atoms.